The van der Waals surface area contributed by atoms with Gasteiger partial charge in [0.05, 0.1) is 6.04 Å². The van der Waals surface area contributed by atoms with E-state index in [9.17, 15) is 4.79 Å². The van der Waals surface area contributed by atoms with Gasteiger partial charge in [0.15, 0.2) is 0 Å². The molecule has 1 saturated heterocycles. The van der Waals surface area contributed by atoms with E-state index >= 15 is 0 Å². The number of carbonyl (C=O) groups excluding carboxylic acids is 1. The Morgan fingerprint density at radius 3 is 2.45 bits per heavy atom. The molecule has 1 aliphatic heterocycles. The van der Waals surface area contributed by atoms with Crippen molar-refractivity contribution in [2.24, 2.45) is 5.73 Å². The van der Waals surface area contributed by atoms with Gasteiger partial charge >= 0.3 is 0 Å². The van der Waals surface area contributed by atoms with E-state index in [1.165, 1.54) is 5.56 Å². The van der Waals surface area contributed by atoms with Gasteiger partial charge in [-0.15, -0.1) is 0 Å². The van der Waals surface area contributed by atoms with Crippen LogP contribution in [-0.2, 0) is 11.2 Å². The Morgan fingerprint density at radius 1 is 1.20 bits per heavy atom. The molecule has 4 heteroatoms. The van der Waals surface area contributed by atoms with Crippen LogP contribution in [0.3, 0.4) is 0 Å². The summed E-state index contributed by atoms with van der Waals surface area (Å²) in [6.07, 6.45) is 1.58. The van der Waals surface area contributed by atoms with E-state index in [-0.39, 0.29) is 11.9 Å². The van der Waals surface area contributed by atoms with Crippen LogP contribution in [0.1, 0.15) is 18.9 Å². The number of aryl methyl sites for hydroxylation is 1. The van der Waals surface area contributed by atoms with Crippen molar-refractivity contribution in [3.63, 3.8) is 0 Å². The molecule has 0 bridgehead atoms. The number of benzene rings is 1. The van der Waals surface area contributed by atoms with Gasteiger partial charge in [0.25, 0.3) is 0 Å². The predicted molar refractivity (Wildman–Crippen MR) is 81.4 cm³/mol. The molecule has 0 aliphatic carbocycles. The van der Waals surface area contributed by atoms with Crippen LogP contribution in [0.25, 0.3) is 0 Å². The topological polar surface area (TPSA) is 49.6 Å². The van der Waals surface area contributed by atoms with Gasteiger partial charge in [-0.2, -0.15) is 0 Å². The van der Waals surface area contributed by atoms with E-state index < -0.39 is 0 Å². The number of nitrogens with two attached hydrogens (primary N) is 1. The SMILES string of the molecule is CCN1CCN(C(=O)[C@@H](N)CCc2ccccc2)CC1. The van der Waals surface area contributed by atoms with E-state index in [1.807, 2.05) is 23.1 Å². The summed E-state index contributed by atoms with van der Waals surface area (Å²) in [4.78, 5) is 16.6. The van der Waals surface area contributed by atoms with Gasteiger partial charge in [0, 0.05) is 26.2 Å². The third-order valence-corrected chi connectivity index (χ3v) is 4.04. The summed E-state index contributed by atoms with van der Waals surface area (Å²) in [5, 5.41) is 0. The Kier molecular flexibility index (Phi) is 5.56. The van der Waals surface area contributed by atoms with Gasteiger partial charge in [0.1, 0.15) is 0 Å². The Labute approximate surface area is 121 Å². The van der Waals surface area contributed by atoms with E-state index in [2.05, 4.69) is 24.0 Å². The van der Waals surface area contributed by atoms with Crippen LogP contribution < -0.4 is 5.73 Å². The zero-order chi connectivity index (χ0) is 14.4. The van der Waals surface area contributed by atoms with Crippen LogP contribution >= 0.6 is 0 Å². The quantitative estimate of drug-likeness (QED) is 0.876. The molecule has 0 unspecified atom stereocenters. The standard InChI is InChI=1S/C16H25N3O/c1-2-18-10-12-19(13-11-18)16(20)15(17)9-8-14-6-4-3-5-7-14/h3-7,15H,2,8-13,17H2,1H3/t15-/m0/s1. The molecule has 4 nitrogen and oxygen atoms in total. The highest BCUT2D eigenvalue weighted by Crippen LogP contribution is 2.08. The average molecular weight is 275 g/mol. The normalized spacial score (nSPS) is 18.0. The van der Waals surface area contributed by atoms with Crippen molar-refractivity contribution in [1.82, 2.24) is 9.80 Å². The van der Waals surface area contributed by atoms with E-state index in [4.69, 9.17) is 5.73 Å². The highest BCUT2D eigenvalue weighted by molar-refractivity contribution is 5.81. The minimum absolute atomic E-state index is 0.108. The third-order valence-electron chi connectivity index (χ3n) is 4.04. The van der Waals surface area contributed by atoms with Crippen molar-refractivity contribution in [3.8, 4) is 0 Å². The Balaban J connectivity index is 1.77. The first-order valence-corrected chi connectivity index (χ1v) is 7.51. The lowest BCUT2D eigenvalue weighted by Crippen LogP contribution is -2.53. The maximum Gasteiger partial charge on any atom is 0.239 e. The number of hydrogen-bond donors (Lipinski definition) is 1. The first-order chi connectivity index (χ1) is 9.70. The summed E-state index contributed by atoms with van der Waals surface area (Å²) in [5.74, 6) is 0.108. The molecule has 1 fully saturated rings. The highest BCUT2D eigenvalue weighted by atomic mass is 16.2. The molecular weight excluding hydrogens is 250 g/mol. The van der Waals surface area contributed by atoms with Crippen molar-refractivity contribution in [3.05, 3.63) is 35.9 Å². The number of likely N-dealkylation sites (N-methyl/N-ethyl adjacent to an activating group) is 1. The van der Waals surface area contributed by atoms with Crippen molar-refractivity contribution in [2.75, 3.05) is 32.7 Å². The van der Waals surface area contributed by atoms with Crippen LogP contribution in [0.5, 0.6) is 0 Å². The number of amides is 1. The van der Waals surface area contributed by atoms with Gasteiger partial charge in [0.2, 0.25) is 5.91 Å². The lowest BCUT2D eigenvalue weighted by molar-refractivity contribution is -0.134. The number of nitrogens with zero attached hydrogens (tertiary/aromatic N) is 2. The molecule has 0 aromatic heterocycles. The maximum atomic E-state index is 12.3. The fourth-order valence-corrected chi connectivity index (χ4v) is 2.61. The van der Waals surface area contributed by atoms with E-state index in [1.54, 1.807) is 0 Å². The number of piperazine rings is 1. The summed E-state index contributed by atoms with van der Waals surface area (Å²) in [7, 11) is 0. The predicted octanol–water partition coefficient (Wildman–Crippen LogP) is 1.11. The minimum Gasteiger partial charge on any atom is -0.339 e. The van der Waals surface area contributed by atoms with Gasteiger partial charge in [-0.3, -0.25) is 4.79 Å². The summed E-state index contributed by atoms with van der Waals surface area (Å²) < 4.78 is 0. The molecule has 0 spiro atoms. The highest BCUT2D eigenvalue weighted by Gasteiger charge is 2.24. The van der Waals surface area contributed by atoms with Gasteiger partial charge in [-0.1, -0.05) is 37.3 Å². The second kappa shape index (κ2) is 7.41. The molecule has 2 rings (SSSR count). The number of carbonyl (C=O) groups is 1. The van der Waals surface area contributed by atoms with E-state index in [0.717, 1.165) is 45.6 Å². The minimum atomic E-state index is -0.372. The zero-order valence-corrected chi connectivity index (χ0v) is 12.3. The lowest BCUT2D eigenvalue weighted by atomic mass is 10.0. The van der Waals surface area contributed by atoms with Crippen molar-refractivity contribution >= 4 is 5.91 Å². The molecule has 1 aromatic carbocycles. The molecule has 1 heterocycles. The average Bonchev–Trinajstić information content (AvgIpc) is 2.53. The second-order valence-electron chi connectivity index (χ2n) is 5.39. The Bertz CT molecular complexity index is 413. The molecule has 1 aliphatic rings. The summed E-state index contributed by atoms with van der Waals surface area (Å²) >= 11 is 0. The molecule has 1 amide bonds. The van der Waals surface area contributed by atoms with Gasteiger partial charge < -0.3 is 15.5 Å². The zero-order valence-electron chi connectivity index (χ0n) is 12.3. The van der Waals surface area contributed by atoms with Crippen molar-refractivity contribution < 1.29 is 4.79 Å². The molecule has 2 N–H and O–H groups in total. The third kappa shape index (κ3) is 4.05. The number of hydrogen-bond acceptors (Lipinski definition) is 3. The largest absolute Gasteiger partial charge is 0.339 e. The fraction of sp³-hybridized carbons (Fsp3) is 0.562. The Morgan fingerprint density at radius 2 is 1.85 bits per heavy atom. The van der Waals surface area contributed by atoms with Crippen LogP contribution in [0, 0.1) is 0 Å². The fourth-order valence-electron chi connectivity index (χ4n) is 2.61. The summed E-state index contributed by atoms with van der Waals surface area (Å²) in [5.41, 5.74) is 7.30. The van der Waals surface area contributed by atoms with Crippen LogP contribution in [-0.4, -0.2) is 54.5 Å². The molecule has 1 atom stereocenters. The van der Waals surface area contributed by atoms with Crippen molar-refractivity contribution in [1.29, 1.82) is 0 Å². The second-order valence-corrected chi connectivity index (χ2v) is 5.39. The van der Waals surface area contributed by atoms with Crippen molar-refractivity contribution in [2.45, 2.75) is 25.8 Å². The first kappa shape index (κ1) is 15.0. The van der Waals surface area contributed by atoms with Crippen LogP contribution in [0.15, 0.2) is 30.3 Å². The molecule has 20 heavy (non-hydrogen) atoms. The molecule has 0 radical (unpaired) electrons. The molecule has 0 saturated carbocycles. The maximum absolute atomic E-state index is 12.3. The summed E-state index contributed by atoms with van der Waals surface area (Å²) in [6.45, 7) is 6.77. The Hall–Kier alpha value is -1.39. The number of rotatable bonds is 5. The van der Waals surface area contributed by atoms with Crippen LogP contribution in [0.4, 0.5) is 0 Å². The monoisotopic (exact) mass is 275 g/mol. The van der Waals surface area contributed by atoms with Gasteiger partial charge in [-0.05, 0) is 24.9 Å². The molecule has 110 valence electrons. The molecular formula is C16H25N3O. The summed E-state index contributed by atoms with van der Waals surface area (Å²) in [6, 6.07) is 9.83. The lowest BCUT2D eigenvalue weighted by Gasteiger charge is -2.35. The smallest absolute Gasteiger partial charge is 0.239 e. The van der Waals surface area contributed by atoms with Crippen LogP contribution in [0.2, 0.25) is 0 Å². The van der Waals surface area contributed by atoms with Gasteiger partial charge in [-0.25, -0.2) is 0 Å². The van der Waals surface area contributed by atoms with E-state index in [0.29, 0.717) is 0 Å². The molecule has 1 aromatic rings. The first-order valence-electron chi connectivity index (χ1n) is 7.51.